The molecule has 32 heavy (non-hydrogen) atoms. The Hall–Kier alpha value is -2.06. The van der Waals surface area contributed by atoms with Crippen LogP contribution in [0.1, 0.15) is 58.4 Å². The van der Waals surface area contributed by atoms with Crippen molar-refractivity contribution in [3.8, 4) is 0 Å². The highest BCUT2D eigenvalue weighted by molar-refractivity contribution is 7.89. The maximum Gasteiger partial charge on any atom is 0.243 e. The average Bonchev–Trinajstić information content (AvgIpc) is 2.77. The van der Waals surface area contributed by atoms with Crippen molar-refractivity contribution < 1.29 is 18.0 Å². The van der Waals surface area contributed by atoms with Crippen LogP contribution in [0.5, 0.6) is 0 Å². The summed E-state index contributed by atoms with van der Waals surface area (Å²) < 4.78 is 27.3. The molecule has 3 rings (SSSR count). The lowest BCUT2D eigenvalue weighted by Crippen LogP contribution is -2.35. The number of halogens is 1. The van der Waals surface area contributed by atoms with Crippen LogP contribution in [0.15, 0.2) is 47.4 Å². The molecule has 0 spiro atoms. The van der Waals surface area contributed by atoms with Gasteiger partial charge in [-0.25, -0.2) is 8.42 Å². The third-order valence-corrected chi connectivity index (χ3v) is 7.74. The van der Waals surface area contributed by atoms with Crippen molar-refractivity contribution in [3.05, 3.63) is 64.2 Å². The number of rotatable bonds is 9. The number of nitrogens with zero attached hydrogens (tertiary/aromatic N) is 2. The van der Waals surface area contributed by atoms with E-state index in [1.54, 1.807) is 6.07 Å². The van der Waals surface area contributed by atoms with Gasteiger partial charge in [0.2, 0.25) is 10.0 Å². The summed E-state index contributed by atoms with van der Waals surface area (Å²) in [4.78, 5) is 27.5. The van der Waals surface area contributed by atoms with Gasteiger partial charge in [0, 0.05) is 43.6 Å². The maximum absolute atomic E-state index is 12.9. The number of piperidine rings is 1. The fourth-order valence-electron chi connectivity index (χ4n) is 3.85. The molecule has 0 saturated carbocycles. The number of sulfonamides is 1. The normalized spacial score (nSPS) is 15.1. The molecule has 1 fully saturated rings. The molecule has 172 valence electrons. The molecule has 0 unspecified atom stereocenters. The second kappa shape index (κ2) is 10.7. The van der Waals surface area contributed by atoms with E-state index >= 15 is 0 Å². The van der Waals surface area contributed by atoms with Crippen LogP contribution >= 0.6 is 11.6 Å². The summed E-state index contributed by atoms with van der Waals surface area (Å²) in [6.45, 7) is 1.68. The summed E-state index contributed by atoms with van der Waals surface area (Å²) in [6, 6.07) is 11.6. The van der Waals surface area contributed by atoms with E-state index in [0.29, 0.717) is 25.2 Å². The van der Waals surface area contributed by atoms with Crippen LogP contribution in [-0.2, 0) is 16.6 Å². The predicted molar refractivity (Wildman–Crippen MR) is 126 cm³/mol. The molecule has 0 bridgehead atoms. The van der Waals surface area contributed by atoms with E-state index < -0.39 is 10.0 Å². The van der Waals surface area contributed by atoms with Gasteiger partial charge in [-0.2, -0.15) is 4.31 Å². The van der Waals surface area contributed by atoms with Gasteiger partial charge in [0.05, 0.1) is 9.92 Å². The van der Waals surface area contributed by atoms with Gasteiger partial charge in [-0.1, -0.05) is 36.2 Å². The Kier molecular flexibility index (Phi) is 8.22. The molecule has 1 saturated heterocycles. The molecular formula is C24H29ClN2O4S. The van der Waals surface area contributed by atoms with Crippen LogP contribution < -0.4 is 0 Å². The zero-order valence-corrected chi connectivity index (χ0v) is 20.1. The monoisotopic (exact) mass is 476 g/mol. The SMILES string of the molecule is CN(C)Cc1cccc(C(=O)CCC(=O)c2cc(S(=O)(=O)N3CCCCC3)ccc2Cl)c1. The Morgan fingerprint density at radius 3 is 2.34 bits per heavy atom. The van der Waals surface area contributed by atoms with Gasteiger partial charge in [0.1, 0.15) is 0 Å². The standard InChI is InChI=1S/C24H29ClN2O4S/c1-26(2)17-18-7-6-8-19(15-18)23(28)11-12-24(29)21-16-20(9-10-22(21)25)32(30,31)27-13-4-3-5-14-27/h6-10,15-16H,3-5,11-14,17H2,1-2H3. The van der Waals surface area contributed by atoms with Crippen LogP contribution in [-0.4, -0.2) is 56.4 Å². The molecule has 0 aromatic heterocycles. The molecule has 0 aliphatic carbocycles. The molecule has 8 heteroatoms. The summed E-state index contributed by atoms with van der Waals surface area (Å²) in [5.74, 6) is -0.476. The fraction of sp³-hybridized carbons (Fsp3) is 0.417. The van der Waals surface area contributed by atoms with Crippen LogP contribution in [0.3, 0.4) is 0 Å². The lowest BCUT2D eigenvalue weighted by molar-refractivity contribution is 0.0917. The largest absolute Gasteiger partial charge is 0.305 e. The third kappa shape index (κ3) is 6.04. The maximum atomic E-state index is 12.9. The van der Waals surface area contributed by atoms with E-state index in [0.717, 1.165) is 24.8 Å². The van der Waals surface area contributed by atoms with Gasteiger partial charge >= 0.3 is 0 Å². The molecule has 0 amide bonds. The van der Waals surface area contributed by atoms with Crippen molar-refractivity contribution in [1.82, 2.24) is 9.21 Å². The van der Waals surface area contributed by atoms with Crippen LogP contribution in [0.2, 0.25) is 5.02 Å². The summed E-state index contributed by atoms with van der Waals surface area (Å²) in [5.41, 5.74) is 1.72. The smallest absolute Gasteiger partial charge is 0.243 e. The van der Waals surface area contributed by atoms with Crippen LogP contribution in [0.25, 0.3) is 0 Å². The number of hydrogen-bond acceptors (Lipinski definition) is 5. The van der Waals surface area contributed by atoms with Gasteiger partial charge < -0.3 is 4.90 Å². The van der Waals surface area contributed by atoms with E-state index in [2.05, 4.69) is 0 Å². The first-order valence-corrected chi connectivity index (χ1v) is 12.6. The minimum absolute atomic E-state index is 0.0314. The Morgan fingerprint density at radius 1 is 0.969 bits per heavy atom. The van der Waals surface area contributed by atoms with Gasteiger partial charge in [-0.15, -0.1) is 0 Å². The first kappa shape index (κ1) is 24.6. The molecule has 0 radical (unpaired) electrons. The van der Waals surface area contributed by atoms with E-state index in [1.165, 1.54) is 22.5 Å². The number of ketones is 2. The summed E-state index contributed by atoms with van der Waals surface area (Å²) in [6.07, 6.45) is 2.67. The molecule has 6 nitrogen and oxygen atoms in total. The molecule has 2 aromatic carbocycles. The Labute approximate surface area is 195 Å². The number of hydrogen-bond donors (Lipinski definition) is 0. The first-order valence-electron chi connectivity index (χ1n) is 10.8. The minimum Gasteiger partial charge on any atom is -0.305 e. The van der Waals surface area contributed by atoms with E-state index in [-0.39, 0.29) is 39.9 Å². The first-order chi connectivity index (χ1) is 15.2. The minimum atomic E-state index is -3.67. The quantitative estimate of drug-likeness (QED) is 0.501. The fourth-order valence-corrected chi connectivity index (χ4v) is 5.61. The van der Waals surface area contributed by atoms with Gasteiger partial charge in [-0.05, 0) is 56.8 Å². The molecule has 1 heterocycles. The van der Waals surface area contributed by atoms with Crippen molar-refractivity contribution in [2.45, 2.75) is 43.5 Å². The highest BCUT2D eigenvalue weighted by Gasteiger charge is 2.27. The zero-order chi connectivity index (χ0) is 23.3. The van der Waals surface area contributed by atoms with Gasteiger partial charge in [-0.3, -0.25) is 9.59 Å². The van der Waals surface area contributed by atoms with Crippen molar-refractivity contribution >= 4 is 33.2 Å². The highest BCUT2D eigenvalue weighted by Crippen LogP contribution is 2.26. The zero-order valence-electron chi connectivity index (χ0n) is 18.5. The lowest BCUT2D eigenvalue weighted by atomic mass is 10.00. The Morgan fingerprint density at radius 2 is 1.66 bits per heavy atom. The molecule has 1 aliphatic heterocycles. The van der Waals surface area contributed by atoms with Crippen molar-refractivity contribution in [1.29, 1.82) is 0 Å². The summed E-state index contributed by atoms with van der Waals surface area (Å²) in [5, 5.41) is 0.188. The van der Waals surface area contributed by atoms with E-state index in [4.69, 9.17) is 11.6 Å². The Bertz CT molecular complexity index is 1090. The van der Waals surface area contributed by atoms with Crippen molar-refractivity contribution in [3.63, 3.8) is 0 Å². The van der Waals surface area contributed by atoms with Gasteiger partial charge in [0.15, 0.2) is 11.6 Å². The number of benzene rings is 2. The number of carbonyl (C=O) groups excluding carboxylic acids is 2. The molecular weight excluding hydrogens is 448 g/mol. The average molecular weight is 477 g/mol. The van der Waals surface area contributed by atoms with E-state index in [9.17, 15) is 18.0 Å². The third-order valence-electron chi connectivity index (χ3n) is 5.52. The number of carbonyl (C=O) groups is 2. The predicted octanol–water partition coefficient (Wildman–Crippen LogP) is 4.42. The molecule has 0 atom stereocenters. The lowest BCUT2D eigenvalue weighted by Gasteiger charge is -2.26. The van der Waals surface area contributed by atoms with Crippen molar-refractivity contribution in [2.75, 3.05) is 27.2 Å². The Balaban J connectivity index is 1.71. The molecule has 0 N–H and O–H groups in total. The topological polar surface area (TPSA) is 74.8 Å². The number of Topliss-reactive ketones (excluding diaryl/α,β-unsaturated/α-hetero) is 2. The van der Waals surface area contributed by atoms with E-state index in [1.807, 2.05) is 37.2 Å². The second-order valence-corrected chi connectivity index (χ2v) is 10.7. The molecule has 1 aliphatic rings. The van der Waals surface area contributed by atoms with Crippen LogP contribution in [0, 0.1) is 0 Å². The second-order valence-electron chi connectivity index (χ2n) is 8.39. The summed E-state index contributed by atoms with van der Waals surface area (Å²) in [7, 11) is 0.237. The van der Waals surface area contributed by atoms with Gasteiger partial charge in [0.25, 0.3) is 0 Å². The highest BCUT2D eigenvalue weighted by atomic mass is 35.5. The van der Waals surface area contributed by atoms with Crippen LogP contribution in [0.4, 0.5) is 0 Å². The summed E-state index contributed by atoms with van der Waals surface area (Å²) >= 11 is 6.21. The van der Waals surface area contributed by atoms with Crippen molar-refractivity contribution in [2.24, 2.45) is 0 Å². The molecule has 2 aromatic rings.